The Hall–Kier alpha value is -2.49. The molecular formula is C23H27N3O4S2. The van der Waals surface area contributed by atoms with Crippen LogP contribution in [-0.2, 0) is 10.0 Å². The predicted octanol–water partition coefficient (Wildman–Crippen LogP) is 3.41. The van der Waals surface area contributed by atoms with Crippen LogP contribution in [0.2, 0.25) is 0 Å². The molecule has 0 spiro atoms. The molecule has 0 atom stereocenters. The maximum absolute atomic E-state index is 13.2. The molecule has 0 bridgehead atoms. The second-order valence-electron chi connectivity index (χ2n) is 8.46. The number of benzene rings is 2. The normalized spacial score (nSPS) is 15.6. The molecule has 0 aliphatic carbocycles. The van der Waals surface area contributed by atoms with E-state index in [0.29, 0.717) is 23.4 Å². The van der Waals surface area contributed by atoms with Gasteiger partial charge in [-0.25, -0.2) is 8.42 Å². The summed E-state index contributed by atoms with van der Waals surface area (Å²) in [6.45, 7) is 8.98. The van der Waals surface area contributed by atoms with Gasteiger partial charge in [0.25, 0.3) is 5.91 Å². The van der Waals surface area contributed by atoms with Crippen LogP contribution >= 0.6 is 11.3 Å². The lowest BCUT2D eigenvalue weighted by molar-refractivity contribution is 0.0698. The molecule has 1 aliphatic rings. The Bertz CT molecular complexity index is 1350. The summed E-state index contributed by atoms with van der Waals surface area (Å²) in [5.41, 5.74) is 3.56. The summed E-state index contributed by atoms with van der Waals surface area (Å²) >= 11 is 1.06. The average Bonchev–Trinajstić information content (AvgIpc) is 3.10. The van der Waals surface area contributed by atoms with Crippen molar-refractivity contribution in [2.75, 3.05) is 26.2 Å². The largest absolute Gasteiger partial charge is 0.336 e. The molecule has 4 rings (SSSR count). The zero-order chi connectivity index (χ0) is 23.2. The molecule has 2 heterocycles. The van der Waals surface area contributed by atoms with Crippen LogP contribution in [0.15, 0.2) is 46.1 Å². The van der Waals surface area contributed by atoms with Crippen molar-refractivity contribution in [3.05, 3.63) is 62.8 Å². The van der Waals surface area contributed by atoms with E-state index in [1.54, 1.807) is 27.7 Å². The second kappa shape index (κ2) is 8.46. The minimum Gasteiger partial charge on any atom is -0.336 e. The Balaban J connectivity index is 1.52. The van der Waals surface area contributed by atoms with E-state index in [1.807, 2.05) is 45.9 Å². The Kier molecular flexibility index (Phi) is 6.00. The van der Waals surface area contributed by atoms with E-state index in [2.05, 4.69) is 0 Å². The average molecular weight is 474 g/mol. The van der Waals surface area contributed by atoms with Gasteiger partial charge in [0, 0.05) is 37.8 Å². The third kappa shape index (κ3) is 4.00. The Morgan fingerprint density at radius 1 is 0.969 bits per heavy atom. The number of aromatic nitrogens is 1. The highest BCUT2D eigenvalue weighted by Crippen LogP contribution is 2.26. The molecule has 9 heteroatoms. The van der Waals surface area contributed by atoms with Crippen LogP contribution in [0.3, 0.4) is 0 Å². The highest BCUT2D eigenvalue weighted by molar-refractivity contribution is 7.89. The van der Waals surface area contributed by atoms with E-state index in [9.17, 15) is 18.0 Å². The highest BCUT2D eigenvalue weighted by Gasteiger charge is 2.31. The minimum atomic E-state index is -3.71. The number of carbonyl (C=O) groups is 1. The number of sulfonamides is 1. The number of carbonyl (C=O) groups excluding carboxylic acids is 1. The fourth-order valence-corrected chi connectivity index (χ4v) is 6.58. The van der Waals surface area contributed by atoms with E-state index in [4.69, 9.17) is 0 Å². The van der Waals surface area contributed by atoms with Gasteiger partial charge in [-0.05, 0) is 69.2 Å². The van der Waals surface area contributed by atoms with E-state index in [1.165, 1.54) is 4.31 Å². The first-order chi connectivity index (χ1) is 15.1. The number of fused-ring (bicyclic) bond motifs is 1. The number of piperazine rings is 1. The van der Waals surface area contributed by atoms with Gasteiger partial charge in [0.1, 0.15) is 0 Å². The number of hydrogen-bond acceptors (Lipinski definition) is 5. The minimum absolute atomic E-state index is 0.00152. The molecule has 1 amide bonds. The number of thiazole rings is 1. The Morgan fingerprint density at radius 3 is 2.28 bits per heavy atom. The first-order valence-corrected chi connectivity index (χ1v) is 12.9. The fourth-order valence-electron chi connectivity index (χ4n) is 4.00. The highest BCUT2D eigenvalue weighted by atomic mass is 32.2. The number of amides is 1. The van der Waals surface area contributed by atoms with Gasteiger partial charge in [-0.3, -0.25) is 14.2 Å². The van der Waals surface area contributed by atoms with Gasteiger partial charge in [-0.2, -0.15) is 4.31 Å². The van der Waals surface area contributed by atoms with Crippen molar-refractivity contribution >= 4 is 37.5 Å². The third-order valence-corrected chi connectivity index (χ3v) is 8.83. The quantitative estimate of drug-likeness (QED) is 0.582. The van der Waals surface area contributed by atoms with Crippen LogP contribution in [0.1, 0.15) is 41.4 Å². The molecule has 1 aliphatic heterocycles. The van der Waals surface area contributed by atoms with Gasteiger partial charge in [0.05, 0.1) is 15.1 Å². The van der Waals surface area contributed by atoms with Gasteiger partial charge in [0.15, 0.2) is 0 Å². The van der Waals surface area contributed by atoms with Gasteiger partial charge >= 0.3 is 4.87 Å². The van der Waals surface area contributed by atoms with E-state index in [0.717, 1.165) is 28.0 Å². The molecular weight excluding hydrogens is 446 g/mol. The summed E-state index contributed by atoms with van der Waals surface area (Å²) < 4.78 is 30.2. The fraction of sp³-hybridized carbons (Fsp3) is 0.391. The monoisotopic (exact) mass is 473 g/mol. The summed E-state index contributed by atoms with van der Waals surface area (Å²) in [5, 5.41) is 0. The second-order valence-corrected chi connectivity index (χ2v) is 11.4. The maximum Gasteiger partial charge on any atom is 0.308 e. The molecule has 0 unspecified atom stereocenters. The number of hydrogen-bond donors (Lipinski definition) is 0. The summed E-state index contributed by atoms with van der Waals surface area (Å²) in [6.07, 6.45) is 0. The lowest BCUT2D eigenvalue weighted by Gasteiger charge is -2.34. The molecule has 1 aromatic heterocycles. The van der Waals surface area contributed by atoms with E-state index < -0.39 is 10.0 Å². The molecule has 7 nitrogen and oxygen atoms in total. The van der Waals surface area contributed by atoms with E-state index >= 15 is 0 Å². The molecule has 170 valence electrons. The zero-order valence-corrected chi connectivity index (χ0v) is 20.3. The molecule has 0 saturated carbocycles. The molecule has 1 saturated heterocycles. The van der Waals surface area contributed by atoms with Crippen molar-refractivity contribution in [3.63, 3.8) is 0 Å². The Morgan fingerprint density at radius 2 is 1.66 bits per heavy atom. The SMILES string of the molecule is Cc1ccc(C(=O)N2CCN(S(=O)(=O)c3ccc4c(c3)sc(=O)n4C(C)C)CC2)cc1C. The first kappa shape index (κ1) is 22.7. The molecule has 32 heavy (non-hydrogen) atoms. The van der Waals surface area contributed by atoms with Crippen LogP contribution in [0.25, 0.3) is 10.2 Å². The standard InChI is InChI=1S/C23H27N3O4S2/c1-15(2)26-20-8-7-19(14-21(20)31-23(26)28)32(29,30)25-11-9-24(10-12-25)22(27)18-6-5-16(3)17(4)13-18/h5-8,13-15H,9-12H2,1-4H3. The number of rotatable bonds is 4. The third-order valence-electron chi connectivity index (χ3n) is 6.02. The van der Waals surface area contributed by atoms with Crippen molar-refractivity contribution in [1.82, 2.24) is 13.8 Å². The summed E-state index contributed by atoms with van der Waals surface area (Å²) in [6, 6.07) is 10.5. The molecule has 2 aromatic carbocycles. The Labute approximate surface area is 191 Å². The van der Waals surface area contributed by atoms with Crippen molar-refractivity contribution in [2.24, 2.45) is 0 Å². The predicted molar refractivity (Wildman–Crippen MR) is 127 cm³/mol. The molecule has 3 aromatic rings. The van der Waals surface area contributed by atoms with Crippen LogP contribution < -0.4 is 4.87 Å². The molecule has 1 fully saturated rings. The van der Waals surface area contributed by atoms with Crippen molar-refractivity contribution < 1.29 is 13.2 Å². The first-order valence-electron chi connectivity index (χ1n) is 10.6. The maximum atomic E-state index is 13.2. The van der Waals surface area contributed by atoms with Crippen molar-refractivity contribution in [1.29, 1.82) is 0 Å². The smallest absolute Gasteiger partial charge is 0.308 e. The van der Waals surface area contributed by atoms with Crippen molar-refractivity contribution in [3.8, 4) is 0 Å². The van der Waals surface area contributed by atoms with Crippen LogP contribution in [0, 0.1) is 13.8 Å². The lowest BCUT2D eigenvalue weighted by atomic mass is 10.1. The summed E-state index contributed by atoms with van der Waals surface area (Å²) in [7, 11) is -3.71. The summed E-state index contributed by atoms with van der Waals surface area (Å²) in [4.78, 5) is 26.9. The number of aryl methyl sites for hydroxylation is 2. The van der Waals surface area contributed by atoms with Crippen LogP contribution in [-0.4, -0.2) is 54.3 Å². The van der Waals surface area contributed by atoms with Gasteiger partial charge in [0.2, 0.25) is 10.0 Å². The molecule has 0 radical (unpaired) electrons. The molecule has 0 N–H and O–H groups in total. The topological polar surface area (TPSA) is 79.7 Å². The summed E-state index contributed by atoms with van der Waals surface area (Å²) in [5.74, 6) is -0.0774. The lowest BCUT2D eigenvalue weighted by Crippen LogP contribution is -2.50. The van der Waals surface area contributed by atoms with Crippen LogP contribution in [0.4, 0.5) is 0 Å². The van der Waals surface area contributed by atoms with Gasteiger partial charge < -0.3 is 4.90 Å². The van der Waals surface area contributed by atoms with Crippen molar-refractivity contribution in [2.45, 2.75) is 38.6 Å². The van der Waals surface area contributed by atoms with Gasteiger partial charge in [-0.15, -0.1) is 0 Å². The number of nitrogens with zero attached hydrogens (tertiary/aromatic N) is 3. The van der Waals surface area contributed by atoms with Gasteiger partial charge in [-0.1, -0.05) is 17.4 Å². The van der Waals surface area contributed by atoms with Crippen LogP contribution in [0.5, 0.6) is 0 Å². The van der Waals surface area contributed by atoms with E-state index in [-0.39, 0.29) is 34.8 Å². The zero-order valence-electron chi connectivity index (χ0n) is 18.7.